The van der Waals surface area contributed by atoms with E-state index < -0.39 is 17.5 Å². The minimum Gasteiger partial charge on any atom is -0.240 e. The van der Waals surface area contributed by atoms with Gasteiger partial charge in [0.25, 0.3) is 0 Å². The summed E-state index contributed by atoms with van der Waals surface area (Å²) >= 11 is 6.75. The molecule has 0 amide bonds. The van der Waals surface area contributed by atoms with E-state index in [1.165, 1.54) is 11.3 Å². The Morgan fingerprint density at radius 1 is 1.19 bits per heavy atom. The molecule has 6 heteroatoms. The summed E-state index contributed by atoms with van der Waals surface area (Å²) in [7, 11) is 0. The van der Waals surface area contributed by atoms with Crippen LogP contribution in [-0.4, -0.2) is 4.98 Å². The highest BCUT2D eigenvalue weighted by Crippen LogP contribution is 2.27. The number of rotatable bonds is 2. The minimum atomic E-state index is -1.47. The van der Waals surface area contributed by atoms with Gasteiger partial charge in [0.05, 0.1) is 11.6 Å². The number of nitrogens with zero attached hydrogens (tertiary/aromatic N) is 1. The fourth-order valence-corrected chi connectivity index (χ4v) is 2.22. The predicted molar refractivity (Wildman–Crippen MR) is 57.0 cm³/mol. The topological polar surface area (TPSA) is 12.9 Å². The molecule has 0 spiro atoms. The molecule has 0 N–H and O–H groups in total. The van der Waals surface area contributed by atoms with Crippen LogP contribution in [0, 0.1) is 17.5 Å². The quantitative estimate of drug-likeness (QED) is 0.590. The Bertz CT molecular complexity index is 504. The van der Waals surface area contributed by atoms with Gasteiger partial charge in [0, 0.05) is 10.9 Å². The first-order valence-electron chi connectivity index (χ1n) is 4.27. The van der Waals surface area contributed by atoms with E-state index in [-0.39, 0.29) is 11.4 Å². The first-order valence-corrected chi connectivity index (χ1v) is 5.68. The summed E-state index contributed by atoms with van der Waals surface area (Å²) in [6.45, 7) is 0. The predicted octanol–water partition coefficient (Wildman–Crippen LogP) is 3.97. The van der Waals surface area contributed by atoms with Gasteiger partial charge in [0.2, 0.25) is 0 Å². The van der Waals surface area contributed by atoms with E-state index in [2.05, 4.69) is 4.98 Å². The summed E-state index contributed by atoms with van der Waals surface area (Å²) in [6.07, 6.45) is 0. The maximum absolute atomic E-state index is 13.0. The van der Waals surface area contributed by atoms with Crippen LogP contribution in [0.3, 0.4) is 0 Å². The van der Waals surface area contributed by atoms with Crippen LogP contribution in [0.2, 0.25) is 0 Å². The van der Waals surface area contributed by atoms with Crippen molar-refractivity contribution in [2.75, 3.05) is 0 Å². The maximum atomic E-state index is 13.0. The monoisotopic (exact) mass is 263 g/mol. The highest BCUT2D eigenvalue weighted by atomic mass is 35.5. The van der Waals surface area contributed by atoms with Gasteiger partial charge < -0.3 is 0 Å². The van der Waals surface area contributed by atoms with Gasteiger partial charge >= 0.3 is 0 Å². The normalized spacial score (nSPS) is 10.8. The molecule has 0 aliphatic carbocycles. The lowest BCUT2D eigenvalue weighted by Gasteiger charge is -1.99. The van der Waals surface area contributed by atoms with E-state index in [4.69, 9.17) is 11.6 Å². The molecule has 16 heavy (non-hydrogen) atoms. The summed E-state index contributed by atoms with van der Waals surface area (Å²) in [4.78, 5) is 4.04. The van der Waals surface area contributed by atoms with Gasteiger partial charge in [-0.3, -0.25) is 0 Å². The second kappa shape index (κ2) is 4.43. The van der Waals surface area contributed by atoms with Crippen LogP contribution >= 0.6 is 22.9 Å². The molecule has 84 valence electrons. The Hall–Kier alpha value is -1.07. The fourth-order valence-electron chi connectivity index (χ4n) is 1.18. The molecule has 1 aromatic carbocycles. The number of hydrogen-bond acceptors (Lipinski definition) is 2. The standard InChI is InChI=1S/C10H5ClF3NS/c11-3-6-4-16-10(15-6)5-1-7(12)9(14)8(13)2-5/h1-2,4H,3H2. The lowest BCUT2D eigenvalue weighted by atomic mass is 10.2. The summed E-state index contributed by atoms with van der Waals surface area (Å²) in [5.74, 6) is -3.70. The molecule has 2 rings (SSSR count). The van der Waals surface area contributed by atoms with Gasteiger partial charge in [0.15, 0.2) is 17.5 Å². The number of alkyl halides is 1. The Kier molecular flexibility index (Phi) is 3.16. The minimum absolute atomic E-state index is 0.206. The summed E-state index contributed by atoms with van der Waals surface area (Å²) in [5.41, 5.74) is 0.824. The number of hydrogen-bond donors (Lipinski definition) is 0. The van der Waals surface area contributed by atoms with E-state index in [1.807, 2.05) is 0 Å². The zero-order valence-corrected chi connectivity index (χ0v) is 9.38. The molecule has 0 saturated heterocycles. The van der Waals surface area contributed by atoms with Gasteiger partial charge in [0.1, 0.15) is 5.01 Å². The lowest BCUT2D eigenvalue weighted by Crippen LogP contribution is -1.91. The molecule has 0 fully saturated rings. The van der Waals surface area contributed by atoms with Crippen LogP contribution in [0.1, 0.15) is 5.69 Å². The van der Waals surface area contributed by atoms with Crippen LogP contribution < -0.4 is 0 Å². The second-order valence-electron chi connectivity index (χ2n) is 3.03. The number of aromatic nitrogens is 1. The first-order chi connectivity index (χ1) is 7.61. The van der Waals surface area contributed by atoms with Gasteiger partial charge in [-0.2, -0.15) is 0 Å². The summed E-state index contributed by atoms with van der Waals surface area (Å²) in [6, 6.07) is 1.82. The van der Waals surface area contributed by atoms with Crippen molar-refractivity contribution in [1.82, 2.24) is 4.98 Å². The molecule has 0 bridgehead atoms. The van der Waals surface area contributed by atoms with Gasteiger partial charge in [-0.25, -0.2) is 18.2 Å². The van der Waals surface area contributed by atoms with Crippen molar-refractivity contribution < 1.29 is 13.2 Å². The first kappa shape index (κ1) is 11.4. The number of benzene rings is 1. The van der Waals surface area contributed by atoms with Gasteiger partial charge in [-0.15, -0.1) is 22.9 Å². The molecule has 1 aromatic heterocycles. The fraction of sp³-hybridized carbons (Fsp3) is 0.100. The smallest absolute Gasteiger partial charge is 0.194 e. The molecule has 1 nitrogen and oxygen atoms in total. The zero-order valence-electron chi connectivity index (χ0n) is 7.81. The molecular weight excluding hydrogens is 259 g/mol. The molecule has 0 saturated carbocycles. The van der Waals surface area contributed by atoms with Crippen LogP contribution in [-0.2, 0) is 5.88 Å². The molecular formula is C10H5ClF3NS. The second-order valence-corrected chi connectivity index (χ2v) is 4.16. The Balaban J connectivity index is 2.48. The Morgan fingerprint density at radius 3 is 2.31 bits per heavy atom. The summed E-state index contributed by atoms with van der Waals surface area (Å²) < 4.78 is 38.6. The van der Waals surface area contributed by atoms with E-state index in [1.54, 1.807) is 5.38 Å². The third-order valence-corrected chi connectivity index (χ3v) is 3.13. The van der Waals surface area contributed by atoms with Crippen LogP contribution in [0.15, 0.2) is 17.5 Å². The lowest BCUT2D eigenvalue weighted by molar-refractivity contribution is 0.447. The van der Waals surface area contributed by atoms with Gasteiger partial charge in [-0.1, -0.05) is 0 Å². The Morgan fingerprint density at radius 2 is 1.81 bits per heavy atom. The largest absolute Gasteiger partial charge is 0.240 e. The molecule has 0 atom stereocenters. The SMILES string of the molecule is Fc1cc(-c2nc(CCl)cs2)cc(F)c1F. The van der Waals surface area contributed by atoms with E-state index >= 15 is 0 Å². The van der Waals surface area contributed by atoms with Crippen LogP contribution in [0.25, 0.3) is 10.6 Å². The molecule has 0 aliphatic heterocycles. The zero-order chi connectivity index (χ0) is 11.7. The van der Waals surface area contributed by atoms with E-state index in [0.717, 1.165) is 12.1 Å². The molecule has 0 radical (unpaired) electrons. The highest BCUT2D eigenvalue weighted by Gasteiger charge is 2.13. The van der Waals surface area contributed by atoms with E-state index in [0.29, 0.717) is 10.7 Å². The van der Waals surface area contributed by atoms with Crippen molar-refractivity contribution in [2.24, 2.45) is 0 Å². The third kappa shape index (κ3) is 2.05. The molecule has 1 heterocycles. The average molecular weight is 264 g/mol. The summed E-state index contributed by atoms with van der Waals surface area (Å²) in [5, 5.41) is 2.09. The van der Waals surface area contributed by atoms with Crippen molar-refractivity contribution in [2.45, 2.75) is 5.88 Å². The van der Waals surface area contributed by atoms with Crippen molar-refractivity contribution in [3.8, 4) is 10.6 Å². The average Bonchev–Trinajstić information content (AvgIpc) is 2.73. The number of thiazole rings is 1. The molecule has 0 aliphatic rings. The van der Waals surface area contributed by atoms with Crippen molar-refractivity contribution >= 4 is 22.9 Å². The van der Waals surface area contributed by atoms with E-state index in [9.17, 15) is 13.2 Å². The highest BCUT2D eigenvalue weighted by molar-refractivity contribution is 7.13. The molecule has 2 aromatic rings. The molecule has 0 unspecified atom stereocenters. The Labute approximate surface area is 98.5 Å². The van der Waals surface area contributed by atoms with Crippen molar-refractivity contribution in [1.29, 1.82) is 0 Å². The van der Waals surface area contributed by atoms with Gasteiger partial charge in [-0.05, 0) is 12.1 Å². The van der Waals surface area contributed by atoms with Crippen LogP contribution in [0.4, 0.5) is 13.2 Å². The van der Waals surface area contributed by atoms with Crippen molar-refractivity contribution in [3.05, 3.63) is 40.7 Å². The third-order valence-electron chi connectivity index (χ3n) is 1.92. The van der Waals surface area contributed by atoms with Crippen molar-refractivity contribution in [3.63, 3.8) is 0 Å². The maximum Gasteiger partial charge on any atom is 0.194 e. The van der Waals surface area contributed by atoms with Crippen LogP contribution in [0.5, 0.6) is 0 Å². The number of halogens is 4.